The molecule has 0 aromatic carbocycles. The van der Waals surface area contributed by atoms with Crippen LogP contribution in [0.2, 0.25) is 0 Å². The van der Waals surface area contributed by atoms with E-state index in [1.165, 1.54) is 15.3 Å². The van der Waals surface area contributed by atoms with Crippen LogP contribution in [0.25, 0.3) is 0 Å². The minimum absolute atomic E-state index is 0.0924. The fourth-order valence-electron chi connectivity index (χ4n) is 4.20. The number of hydrogen-bond donors (Lipinski definition) is 3. The Morgan fingerprint density at radius 1 is 1.37 bits per heavy atom. The van der Waals surface area contributed by atoms with Crippen molar-refractivity contribution in [1.29, 1.82) is 0 Å². The normalized spacial score (nSPS) is 25.3. The molecule has 1 aromatic heterocycles. The molecule has 164 valence electrons. The van der Waals surface area contributed by atoms with Crippen molar-refractivity contribution < 1.29 is 20.1 Å². The second-order valence-corrected chi connectivity index (χ2v) is 9.72. The van der Waals surface area contributed by atoms with Crippen LogP contribution in [0.5, 0.6) is 0 Å². The van der Waals surface area contributed by atoms with E-state index in [1.807, 2.05) is 18.1 Å². The molecule has 4 nitrogen and oxygen atoms in total. The Labute approximate surface area is 185 Å². The van der Waals surface area contributed by atoms with Crippen molar-refractivity contribution in [1.82, 2.24) is 0 Å². The van der Waals surface area contributed by atoms with Crippen LogP contribution in [-0.4, -0.2) is 47.0 Å². The molecule has 1 aliphatic rings. The number of thiophene rings is 1. The Kier molecular flexibility index (Phi) is 10.2. The number of aliphatic hydroxyl groups is 2. The van der Waals surface area contributed by atoms with Gasteiger partial charge < -0.3 is 0 Å². The first-order chi connectivity index (χ1) is 14.3. The summed E-state index contributed by atoms with van der Waals surface area (Å²) < 4.78 is 0. The molecule has 30 heavy (non-hydrogen) atoms. The fraction of sp³-hybridized carbons (Fsp3) is 0.583. The van der Waals surface area contributed by atoms with Crippen LogP contribution in [0.4, 0.5) is 0 Å². The molecule has 0 radical (unpaired) electrons. The SMILES string of the molecule is B=C[C@@H]1CC(O)[C@H](C/C=C\CCCC(=O)O)[C@H]1/C=C/[C@@H](O)CCc1cc(C)c(C)s1. The summed E-state index contributed by atoms with van der Waals surface area (Å²) in [6, 6.07) is 2.20. The molecule has 0 spiro atoms. The molecule has 1 unspecified atom stereocenters. The van der Waals surface area contributed by atoms with Crippen molar-refractivity contribution in [3.63, 3.8) is 0 Å². The fourth-order valence-corrected chi connectivity index (χ4v) is 5.26. The Bertz CT molecular complexity index is 735. The van der Waals surface area contributed by atoms with Crippen LogP contribution in [0.15, 0.2) is 30.4 Å². The predicted molar refractivity (Wildman–Crippen MR) is 127 cm³/mol. The average molecular weight is 430 g/mol. The van der Waals surface area contributed by atoms with Crippen molar-refractivity contribution >= 4 is 30.8 Å². The van der Waals surface area contributed by atoms with Crippen LogP contribution in [0, 0.1) is 31.6 Å². The second-order valence-electron chi connectivity index (χ2n) is 8.38. The van der Waals surface area contributed by atoms with Gasteiger partial charge in [-0.3, -0.25) is 0 Å². The van der Waals surface area contributed by atoms with Crippen LogP contribution in [0.1, 0.15) is 53.8 Å². The average Bonchev–Trinajstić information content (AvgIpc) is 3.19. The number of carboxylic acid groups (broad SMARTS) is 1. The molecule has 6 heteroatoms. The van der Waals surface area contributed by atoms with E-state index in [0.29, 0.717) is 19.3 Å². The Hall–Kier alpha value is -1.50. The summed E-state index contributed by atoms with van der Waals surface area (Å²) in [5.41, 5.74) is 1.31. The third-order valence-electron chi connectivity index (χ3n) is 6.09. The molecule has 1 fully saturated rings. The zero-order valence-corrected chi connectivity index (χ0v) is 19.0. The first-order valence-corrected chi connectivity index (χ1v) is 11.7. The van der Waals surface area contributed by atoms with Crippen LogP contribution in [-0.2, 0) is 11.2 Å². The molecule has 3 N–H and O–H groups in total. The molecular formula is C24H35BO4S. The van der Waals surface area contributed by atoms with Crippen LogP contribution >= 0.6 is 11.3 Å². The van der Waals surface area contributed by atoms with Gasteiger partial charge in [0.05, 0.1) is 0 Å². The summed E-state index contributed by atoms with van der Waals surface area (Å²) >= 11 is 1.80. The molecule has 0 amide bonds. The van der Waals surface area contributed by atoms with Gasteiger partial charge in [0.25, 0.3) is 0 Å². The Balaban J connectivity index is 1.89. The van der Waals surface area contributed by atoms with Gasteiger partial charge in [-0.15, -0.1) is 0 Å². The number of carbonyl (C=O) groups is 1. The third-order valence-corrected chi connectivity index (χ3v) is 7.31. The zero-order valence-electron chi connectivity index (χ0n) is 18.2. The Morgan fingerprint density at radius 3 is 2.77 bits per heavy atom. The molecule has 0 bridgehead atoms. The number of aryl methyl sites for hydroxylation is 3. The molecule has 5 atom stereocenters. The van der Waals surface area contributed by atoms with Crippen molar-refractivity contribution in [2.75, 3.05) is 0 Å². The van der Waals surface area contributed by atoms with Gasteiger partial charge in [0, 0.05) is 0 Å². The molecule has 1 aliphatic carbocycles. The van der Waals surface area contributed by atoms with Gasteiger partial charge in [0.1, 0.15) is 0 Å². The summed E-state index contributed by atoms with van der Waals surface area (Å²) in [4.78, 5) is 13.2. The summed E-state index contributed by atoms with van der Waals surface area (Å²) in [7, 11) is 3.93. The predicted octanol–water partition coefficient (Wildman–Crippen LogP) is 3.73. The Morgan fingerprint density at radius 2 is 2.13 bits per heavy atom. The summed E-state index contributed by atoms with van der Waals surface area (Å²) in [5.74, 6) is 1.60. The summed E-state index contributed by atoms with van der Waals surface area (Å²) in [6.07, 6.45) is 11.7. The van der Waals surface area contributed by atoms with Crippen LogP contribution in [0.3, 0.4) is 0 Å². The van der Waals surface area contributed by atoms with E-state index in [2.05, 4.69) is 39.6 Å². The standard InChI is InChI=1S/C24H35BO4S/c1-16-13-20(30-17(16)2)11-9-19(26)10-12-21-18(15-25)14-23(27)22(21)7-5-3-4-6-8-24(28)29/h3,5,10,12-13,15,18-19,21-23,25-27H,4,6-9,11,14H2,1-2H3,(H,28,29)/b5-3-,12-10+/t18-,19-,21-,22+,23?/m0/s1. The monoisotopic (exact) mass is 430 g/mol. The van der Waals surface area contributed by atoms with E-state index in [9.17, 15) is 15.0 Å². The van der Waals surface area contributed by atoms with Crippen molar-refractivity contribution in [3.05, 3.63) is 45.7 Å². The van der Waals surface area contributed by atoms with Crippen LogP contribution < -0.4 is 0 Å². The first-order valence-electron chi connectivity index (χ1n) is 10.9. The van der Waals surface area contributed by atoms with E-state index in [1.54, 1.807) is 11.3 Å². The van der Waals surface area contributed by atoms with Crippen molar-refractivity contribution in [2.24, 2.45) is 17.8 Å². The maximum absolute atomic E-state index is 10.6. The topological polar surface area (TPSA) is 77.8 Å². The minimum atomic E-state index is -0.767. The number of rotatable bonds is 12. The zero-order chi connectivity index (χ0) is 22.1. The van der Waals surface area contributed by atoms with E-state index in [-0.39, 0.29) is 30.3 Å². The molecule has 0 aliphatic heterocycles. The molecular weight excluding hydrogens is 395 g/mol. The first kappa shape index (κ1) is 24.8. The van der Waals surface area contributed by atoms with Gasteiger partial charge in [-0.25, -0.2) is 0 Å². The summed E-state index contributed by atoms with van der Waals surface area (Å²) in [6.45, 7) is 4.24. The number of carboxylic acids is 1. The number of unbranched alkanes of at least 4 members (excludes halogenated alkanes) is 1. The van der Waals surface area contributed by atoms with Crippen molar-refractivity contribution in [2.45, 2.75) is 71.0 Å². The van der Waals surface area contributed by atoms with Gasteiger partial charge >= 0.3 is 185 Å². The number of aliphatic carboxylic acids is 1. The molecule has 1 saturated carbocycles. The van der Waals surface area contributed by atoms with E-state index in [0.717, 1.165) is 19.3 Å². The quantitative estimate of drug-likeness (QED) is 0.268. The summed E-state index contributed by atoms with van der Waals surface area (Å²) in [5, 5.41) is 29.7. The van der Waals surface area contributed by atoms with Gasteiger partial charge in [-0.05, 0) is 0 Å². The number of allylic oxidation sites excluding steroid dienone is 3. The van der Waals surface area contributed by atoms with Crippen molar-refractivity contribution in [3.8, 4) is 0 Å². The molecule has 1 heterocycles. The van der Waals surface area contributed by atoms with E-state index < -0.39 is 12.1 Å². The van der Waals surface area contributed by atoms with Gasteiger partial charge in [0.15, 0.2) is 0 Å². The second kappa shape index (κ2) is 12.4. The van der Waals surface area contributed by atoms with Gasteiger partial charge in [-0.2, -0.15) is 0 Å². The van der Waals surface area contributed by atoms with Gasteiger partial charge in [0.2, 0.25) is 0 Å². The molecule has 1 aromatic rings. The number of hydrogen-bond acceptors (Lipinski definition) is 4. The maximum atomic E-state index is 10.6. The van der Waals surface area contributed by atoms with E-state index >= 15 is 0 Å². The molecule has 0 saturated heterocycles. The van der Waals surface area contributed by atoms with Gasteiger partial charge in [-0.1, -0.05) is 0 Å². The third kappa shape index (κ3) is 7.64. The molecule has 2 rings (SSSR count). The van der Waals surface area contributed by atoms with E-state index in [4.69, 9.17) is 5.11 Å². The number of aliphatic hydroxyl groups excluding tert-OH is 2.